The van der Waals surface area contributed by atoms with E-state index in [0.29, 0.717) is 5.92 Å². The predicted octanol–water partition coefficient (Wildman–Crippen LogP) is 11.3. The number of aryl methyl sites for hydroxylation is 8. The molecule has 13 rings (SSSR count). The summed E-state index contributed by atoms with van der Waals surface area (Å²) in [5, 5.41) is 34.2. The third kappa shape index (κ3) is 21.3. The SMILES string of the molecule is CC(Cc1nc2cc(/C=C/C(=O)NO)ccc2n1CCc1ccccn1)c1ccccc1.CCn1c(C)nc2cc(/C=C/C(=O)NO)ccc21.O=C(/C=C/c1ccc2c(c1)nc(CCc1ccccc1)n2CCN1CCOCC1)NO.O=C(/C=C/c1ccc2c(c1)ncn2CCc1ccccn1)NO. The van der Waals surface area contributed by atoms with Crippen LogP contribution in [0.2, 0.25) is 0 Å². The van der Waals surface area contributed by atoms with E-state index >= 15 is 0 Å². The van der Waals surface area contributed by atoms with Gasteiger partial charge in [0.15, 0.2) is 0 Å². The molecule has 1 unspecified atom stereocenters. The van der Waals surface area contributed by atoms with E-state index in [1.165, 1.54) is 35.4 Å². The largest absolute Gasteiger partial charge is 0.379 e. The topological polar surface area (TPSA) is 307 Å². The van der Waals surface area contributed by atoms with Crippen molar-refractivity contribution in [1.29, 1.82) is 0 Å². The van der Waals surface area contributed by atoms with Crippen LogP contribution in [-0.4, -0.2) is 130 Å². The van der Waals surface area contributed by atoms with Gasteiger partial charge < -0.3 is 23.0 Å². The van der Waals surface area contributed by atoms with Crippen LogP contribution in [0.4, 0.5) is 0 Å². The summed E-state index contributed by atoms with van der Waals surface area (Å²) in [6.45, 7) is 14.1. The van der Waals surface area contributed by atoms with Crippen molar-refractivity contribution < 1.29 is 44.7 Å². The van der Waals surface area contributed by atoms with Crippen molar-refractivity contribution in [2.24, 2.45) is 0 Å². The molecule has 534 valence electrons. The van der Waals surface area contributed by atoms with Gasteiger partial charge in [0.05, 0.1) is 63.7 Å². The summed E-state index contributed by atoms with van der Waals surface area (Å²) in [5.74, 6) is 1.17. The molecule has 1 fully saturated rings. The standard InChI is InChI=1S/C26H26N4O2.C24H28N4O3.C17H16N4O2.C13H15N3O2/c1-19(21-7-3-2-4-8-21)17-25-28-23-18-20(11-13-26(31)29-32)10-12-24(23)30(25)16-14-22-9-5-6-15-27-22;29-24(26-30)11-8-20-6-9-22-21(18-20)25-23(10-7-19-4-2-1-3-5-19)28(22)13-12-27-14-16-31-17-15-27;22-17(20-23)7-5-13-4-6-16-15(11-13)19-12-21(16)10-8-14-3-1-2-9-18-14;1-3-16-9(2)14-11-8-10(4-6-12(11)16)5-7-13(17)15-18/h2-13,15,18-19,32H,14,16-17H2,1H3,(H,29,31);1-6,8-9,11,18,30H,7,10,12-17H2,(H,26,29);1-7,9,11-12,23H,8,10H2,(H,20,22);4-8,18H,3H2,1-2H3,(H,15,17)/b13-11+;11-8+;2*7-5+. The second kappa shape index (κ2) is 38.2. The molecule has 1 aliphatic rings. The Kier molecular flexibility index (Phi) is 27.5. The minimum Gasteiger partial charge on any atom is -0.379 e. The number of pyridine rings is 2. The van der Waals surface area contributed by atoms with E-state index in [2.05, 4.69) is 112 Å². The molecule has 4 amide bonds. The van der Waals surface area contributed by atoms with Gasteiger partial charge in [0.25, 0.3) is 23.6 Å². The van der Waals surface area contributed by atoms with Gasteiger partial charge in [0, 0.05) is 120 Å². The molecule has 1 aliphatic heterocycles. The van der Waals surface area contributed by atoms with Crippen molar-refractivity contribution in [2.45, 2.75) is 85.0 Å². The number of carbonyl (C=O) groups is 4. The van der Waals surface area contributed by atoms with Gasteiger partial charge >= 0.3 is 0 Å². The van der Waals surface area contributed by atoms with Crippen LogP contribution < -0.4 is 21.9 Å². The number of imidazole rings is 4. The predicted molar refractivity (Wildman–Crippen MR) is 401 cm³/mol. The summed E-state index contributed by atoms with van der Waals surface area (Å²) < 4.78 is 14.3. The fraction of sp³-hybridized carbons (Fsp3) is 0.225. The number of aromatic nitrogens is 10. The lowest BCUT2D eigenvalue weighted by atomic mass is 9.97. The van der Waals surface area contributed by atoms with Crippen molar-refractivity contribution in [3.05, 3.63) is 275 Å². The summed E-state index contributed by atoms with van der Waals surface area (Å²) in [5.41, 5.74) is 22.2. The van der Waals surface area contributed by atoms with Crippen LogP contribution in [0.5, 0.6) is 0 Å². The first kappa shape index (κ1) is 74.8. The van der Waals surface area contributed by atoms with E-state index in [1.807, 2.05) is 135 Å². The van der Waals surface area contributed by atoms with Gasteiger partial charge in [-0.3, -0.25) is 54.9 Å². The second-order valence-electron chi connectivity index (χ2n) is 24.5. The van der Waals surface area contributed by atoms with Crippen LogP contribution >= 0.6 is 0 Å². The Labute approximate surface area is 601 Å². The molecule has 12 aromatic rings. The van der Waals surface area contributed by atoms with Crippen LogP contribution in [-0.2, 0) is 82.2 Å². The number of benzene rings is 6. The fourth-order valence-corrected chi connectivity index (χ4v) is 12.1. The highest BCUT2D eigenvalue weighted by atomic mass is 16.5. The summed E-state index contributed by atoms with van der Waals surface area (Å²) in [7, 11) is 0. The first-order valence-corrected chi connectivity index (χ1v) is 34.4. The Morgan fingerprint density at radius 3 is 1.42 bits per heavy atom. The van der Waals surface area contributed by atoms with Crippen LogP contribution in [0, 0.1) is 6.92 Å². The molecule has 6 aromatic heterocycles. The molecule has 104 heavy (non-hydrogen) atoms. The van der Waals surface area contributed by atoms with Gasteiger partial charge in [-0.1, -0.05) is 104 Å². The molecule has 6 aromatic carbocycles. The molecule has 8 N–H and O–H groups in total. The Hall–Kier alpha value is -11.9. The van der Waals surface area contributed by atoms with Gasteiger partial charge in [0.1, 0.15) is 17.5 Å². The highest BCUT2D eigenvalue weighted by Gasteiger charge is 2.18. The zero-order chi connectivity index (χ0) is 73.0. The molecule has 0 saturated carbocycles. The number of amides is 4. The number of morpholine rings is 1. The van der Waals surface area contributed by atoms with Gasteiger partial charge in [-0.05, 0) is 157 Å². The molecule has 24 nitrogen and oxygen atoms in total. The summed E-state index contributed by atoms with van der Waals surface area (Å²) >= 11 is 0. The third-order valence-corrected chi connectivity index (χ3v) is 17.5. The fourth-order valence-electron chi connectivity index (χ4n) is 12.1. The Bertz CT molecular complexity index is 4930. The van der Waals surface area contributed by atoms with Crippen LogP contribution in [0.25, 0.3) is 68.4 Å². The van der Waals surface area contributed by atoms with Gasteiger partial charge in [-0.2, -0.15) is 0 Å². The molecular weight excluding hydrogens is 1310 g/mol. The van der Waals surface area contributed by atoms with E-state index in [1.54, 1.807) is 52.4 Å². The van der Waals surface area contributed by atoms with Crippen LogP contribution in [0.3, 0.4) is 0 Å². The third-order valence-electron chi connectivity index (χ3n) is 17.5. The maximum atomic E-state index is 11.3. The number of hydroxylamine groups is 4. The maximum absolute atomic E-state index is 11.3. The van der Waals surface area contributed by atoms with Crippen molar-refractivity contribution >= 4 is 92.1 Å². The number of rotatable bonds is 24. The number of hydrogen-bond donors (Lipinski definition) is 8. The molecule has 0 bridgehead atoms. The van der Waals surface area contributed by atoms with Gasteiger partial charge in [-0.25, -0.2) is 41.9 Å². The van der Waals surface area contributed by atoms with Crippen molar-refractivity contribution in [2.75, 3.05) is 32.8 Å². The lowest BCUT2D eigenvalue weighted by Gasteiger charge is -2.27. The van der Waals surface area contributed by atoms with E-state index in [-0.39, 0.29) is 0 Å². The average molecular weight is 1400 g/mol. The zero-order valence-electron chi connectivity index (χ0n) is 58.2. The van der Waals surface area contributed by atoms with E-state index in [9.17, 15) is 19.2 Å². The zero-order valence-corrected chi connectivity index (χ0v) is 58.2. The van der Waals surface area contributed by atoms with Crippen molar-refractivity contribution in [3.63, 3.8) is 0 Å². The van der Waals surface area contributed by atoms with Crippen molar-refractivity contribution in [3.8, 4) is 0 Å². The second-order valence-corrected chi connectivity index (χ2v) is 24.5. The van der Waals surface area contributed by atoms with Gasteiger partial charge in [0.2, 0.25) is 0 Å². The maximum Gasteiger partial charge on any atom is 0.267 e. The van der Waals surface area contributed by atoms with E-state index < -0.39 is 23.6 Å². The lowest BCUT2D eigenvalue weighted by molar-refractivity contribution is -0.124. The molecule has 7 heterocycles. The first-order valence-electron chi connectivity index (χ1n) is 34.4. The molecular formula is C80H85N15O9. The number of ether oxygens (including phenoxy) is 1. The number of nitrogens with one attached hydrogen (secondary N) is 4. The molecule has 0 spiro atoms. The Morgan fingerprint density at radius 1 is 0.471 bits per heavy atom. The summed E-state index contributed by atoms with van der Waals surface area (Å²) in [6.07, 6.45) is 21.4. The highest BCUT2D eigenvalue weighted by Crippen LogP contribution is 2.27. The molecule has 1 atom stereocenters. The lowest BCUT2D eigenvalue weighted by Crippen LogP contribution is -2.38. The minimum atomic E-state index is -0.566. The normalized spacial score (nSPS) is 12.7. The Morgan fingerprint density at radius 2 is 0.923 bits per heavy atom. The van der Waals surface area contributed by atoms with Crippen LogP contribution in [0.1, 0.15) is 82.0 Å². The molecule has 0 radical (unpaired) electrons. The number of hydrogen-bond acceptors (Lipinski definition) is 16. The molecule has 1 saturated heterocycles. The minimum absolute atomic E-state index is 0.328. The number of carbonyl (C=O) groups excluding carboxylic acids is 4. The van der Waals surface area contributed by atoms with Crippen molar-refractivity contribution in [1.82, 2.24) is 75.0 Å². The average Bonchev–Trinajstić information content (AvgIpc) is 1.64. The quantitative estimate of drug-likeness (QED) is 0.0158. The van der Waals surface area contributed by atoms with Gasteiger partial charge in [-0.15, -0.1) is 0 Å². The molecule has 24 heteroatoms. The summed E-state index contributed by atoms with van der Waals surface area (Å²) in [6, 6.07) is 56.3. The number of fused-ring (bicyclic) bond motifs is 4. The summed E-state index contributed by atoms with van der Waals surface area (Å²) in [4.78, 5) is 74.4. The highest BCUT2D eigenvalue weighted by molar-refractivity contribution is 5.94. The smallest absolute Gasteiger partial charge is 0.267 e. The van der Waals surface area contributed by atoms with E-state index in [0.717, 1.165) is 186 Å². The van der Waals surface area contributed by atoms with E-state index in [4.69, 9.17) is 35.5 Å². The van der Waals surface area contributed by atoms with Crippen LogP contribution in [0.15, 0.2) is 213 Å². The number of nitrogens with zero attached hydrogens (tertiary/aromatic N) is 11. The molecule has 0 aliphatic carbocycles. The Balaban J connectivity index is 0.000000152. The first-order chi connectivity index (χ1) is 50.8. The monoisotopic (exact) mass is 1400 g/mol.